The molecule has 1 aliphatic carbocycles. The van der Waals surface area contributed by atoms with E-state index in [0.29, 0.717) is 0 Å². The van der Waals surface area contributed by atoms with E-state index in [-0.39, 0.29) is 0 Å². The molecule has 0 spiro atoms. The van der Waals surface area contributed by atoms with Gasteiger partial charge in [0.2, 0.25) is 6.17 Å². The van der Waals surface area contributed by atoms with Crippen molar-refractivity contribution in [2.45, 2.75) is 6.17 Å². The molecule has 0 aliphatic heterocycles. The maximum atomic E-state index is 11.1. The second kappa shape index (κ2) is 0.776. The number of rotatable bonds is 0. The van der Waals surface area contributed by atoms with Gasteiger partial charge in [0, 0.05) is 0 Å². The normalized spacial score (nSPS) is 22.5. The first-order chi connectivity index (χ1) is 2.73. The van der Waals surface area contributed by atoms with Crippen molar-refractivity contribution < 1.29 is 13.2 Å². The van der Waals surface area contributed by atoms with Gasteiger partial charge in [0.15, 0.2) is 11.7 Å². The molecule has 3 heteroatoms. The quantitative estimate of drug-likeness (QED) is 0.426. The Morgan fingerprint density at radius 2 is 1.33 bits per heavy atom. The Bertz CT molecular complexity index is 92.6. The van der Waals surface area contributed by atoms with Crippen molar-refractivity contribution in [3.05, 3.63) is 11.7 Å². The molecule has 0 bridgehead atoms. The van der Waals surface area contributed by atoms with E-state index in [1.54, 1.807) is 0 Å². The van der Waals surface area contributed by atoms with Crippen LogP contribution in [-0.2, 0) is 0 Å². The predicted molar refractivity (Wildman–Crippen MR) is 14.1 cm³/mol. The molecular weight excluding hydrogens is 93.0 g/mol. The van der Waals surface area contributed by atoms with E-state index in [9.17, 15) is 13.2 Å². The van der Waals surface area contributed by atoms with Crippen LogP contribution in [-0.4, -0.2) is 6.17 Å². The molecule has 1 aliphatic rings. The molecule has 0 nitrogen and oxygen atoms in total. The Labute approximate surface area is 32.3 Å². The largest absolute Gasteiger partial charge is 0.232 e. The molecule has 0 radical (unpaired) electrons. The highest BCUT2D eigenvalue weighted by Gasteiger charge is 2.39. The summed E-state index contributed by atoms with van der Waals surface area (Å²) in [6, 6.07) is 0. The lowest BCUT2D eigenvalue weighted by molar-refractivity contribution is 0.421. The van der Waals surface area contributed by atoms with Crippen LogP contribution < -0.4 is 0 Å². The molecule has 0 aromatic carbocycles. The van der Waals surface area contributed by atoms with Crippen LogP contribution in [0.4, 0.5) is 13.2 Å². The summed E-state index contributed by atoms with van der Waals surface area (Å²) in [6.45, 7) is 0. The first-order valence-electron chi connectivity index (χ1n) is 1.42. The fourth-order valence-electron chi connectivity index (χ4n) is 0.148. The van der Waals surface area contributed by atoms with Crippen LogP contribution in [0.5, 0.6) is 0 Å². The Hall–Kier alpha value is -0.470. The van der Waals surface area contributed by atoms with Gasteiger partial charge < -0.3 is 0 Å². The molecule has 0 saturated carbocycles. The number of allylic oxidation sites excluding steroid dienone is 2. The number of halogens is 3. The zero-order valence-electron chi connectivity index (χ0n) is 2.71. The summed E-state index contributed by atoms with van der Waals surface area (Å²) < 4.78 is 33.1. The fourth-order valence-corrected chi connectivity index (χ4v) is 0.148. The molecule has 0 aromatic rings. The zero-order chi connectivity index (χ0) is 4.73. The van der Waals surface area contributed by atoms with Gasteiger partial charge in [0.05, 0.1) is 0 Å². The van der Waals surface area contributed by atoms with E-state index in [2.05, 4.69) is 0 Å². The molecule has 0 unspecified atom stereocenters. The van der Waals surface area contributed by atoms with Crippen LogP contribution in [0.3, 0.4) is 0 Å². The van der Waals surface area contributed by atoms with Gasteiger partial charge in [-0.3, -0.25) is 0 Å². The first-order valence-corrected chi connectivity index (χ1v) is 1.42. The molecule has 0 fully saturated rings. The highest BCUT2D eigenvalue weighted by Crippen LogP contribution is 2.36. The van der Waals surface area contributed by atoms with Crippen LogP contribution in [0.15, 0.2) is 11.7 Å². The third kappa shape index (κ3) is 0.249. The average Bonchev–Trinajstić information content (AvgIpc) is 1.94. The number of hydrogen-bond acceptors (Lipinski definition) is 0. The summed E-state index contributed by atoms with van der Waals surface area (Å²) in [5.41, 5.74) is 0. The second-order valence-corrected chi connectivity index (χ2v) is 1.06. The Morgan fingerprint density at radius 1 is 1.17 bits per heavy atom. The van der Waals surface area contributed by atoms with Crippen molar-refractivity contribution >= 4 is 0 Å². The summed E-state index contributed by atoms with van der Waals surface area (Å²) in [5, 5.41) is 0. The van der Waals surface area contributed by atoms with Crippen LogP contribution in [0.25, 0.3) is 0 Å². The average molecular weight is 94.0 g/mol. The van der Waals surface area contributed by atoms with Crippen LogP contribution >= 0.6 is 0 Å². The molecule has 0 saturated heterocycles. The van der Waals surface area contributed by atoms with E-state index < -0.39 is 17.8 Å². The van der Waals surface area contributed by atoms with Crippen molar-refractivity contribution in [2.24, 2.45) is 0 Å². The lowest BCUT2D eigenvalue weighted by atomic mass is 10.8. The molecule has 1 rings (SSSR count). The smallest absolute Gasteiger partial charge is 0.208 e. The Balaban J connectivity index is 2.54. The molecule has 0 N–H and O–H groups in total. The third-order valence-electron chi connectivity index (χ3n) is 0.590. The van der Waals surface area contributed by atoms with Crippen LogP contribution in [0, 0.1) is 0 Å². The molecular formula is C3HF3. The van der Waals surface area contributed by atoms with Gasteiger partial charge in [-0.25, -0.2) is 13.2 Å². The maximum Gasteiger partial charge on any atom is 0.208 e. The predicted octanol–water partition coefficient (Wildman–Crippen LogP) is 1.49. The minimum absolute atomic E-state index is 1.24. The van der Waals surface area contributed by atoms with Crippen molar-refractivity contribution in [1.82, 2.24) is 0 Å². The molecule has 0 aromatic heterocycles. The molecule has 0 amide bonds. The SMILES string of the molecule is FC1=C(F)C1F. The van der Waals surface area contributed by atoms with Gasteiger partial charge in [0.25, 0.3) is 0 Å². The monoisotopic (exact) mass is 94.0 g/mol. The third-order valence-corrected chi connectivity index (χ3v) is 0.590. The summed E-state index contributed by atoms with van der Waals surface area (Å²) >= 11 is 0. The second-order valence-electron chi connectivity index (χ2n) is 1.06. The number of alkyl halides is 1. The van der Waals surface area contributed by atoms with Gasteiger partial charge >= 0.3 is 0 Å². The first kappa shape index (κ1) is 3.71. The lowest BCUT2D eigenvalue weighted by Crippen LogP contribution is -1.66. The van der Waals surface area contributed by atoms with E-state index in [1.807, 2.05) is 0 Å². The van der Waals surface area contributed by atoms with E-state index in [4.69, 9.17) is 0 Å². The standard InChI is InChI=1S/C3HF3/c4-1-2(5)3(1)6/h1H. The van der Waals surface area contributed by atoms with Crippen molar-refractivity contribution in [2.75, 3.05) is 0 Å². The van der Waals surface area contributed by atoms with Crippen LogP contribution in [0.2, 0.25) is 0 Å². The topological polar surface area (TPSA) is 0 Å². The fraction of sp³-hybridized carbons (Fsp3) is 0.333. The highest BCUT2D eigenvalue weighted by atomic mass is 19.2. The zero-order valence-corrected chi connectivity index (χ0v) is 2.71. The van der Waals surface area contributed by atoms with E-state index >= 15 is 0 Å². The lowest BCUT2D eigenvalue weighted by Gasteiger charge is -1.62. The minimum Gasteiger partial charge on any atom is -0.232 e. The summed E-state index contributed by atoms with van der Waals surface area (Å²) in [6.07, 6.45) is -1.98. The summed E-state index contributed by atoms with van der Waals surface area (Å²) in [5.74, 6) is -2.48. The van der Waals surface area contributed by atoms with Gasteiger partial charge in [-0.05, 0) is 0 Å². The van der Waals surface area contributed by atoms with Crippen molar-refractivity contribution in [1.29, 1.82) is 0 Å². The van der Waals surface area contributed by atoms with E-state index in [1.165, 1.54) is 0 Å². The molecule has 0 atom stereocenters. The summed E-state index contributed by atoms with van der Waals surface area (Å²) in [4.78, 5) is 0. The highest BCUT2D eigenvalue weighted by molar-refractivity contribution is 5.31. The molecule has 0 heterocycles. The molecule has 6 heavy (non-hydrogen) atoms. The van der Waals surface area contributed by atoms with Gasteiger partial charge in [-0.2, -0.15) is 0 Å². The van der Waals surface area contributed by atoms with Gasteiger partial charge in [0.1, 0.15) is 0 Å². The van der Waals surface area contributed by atoms with E-state index in [0.717, 1.165) is 0 Å². The summed E-state index contributed by atoms with van der Waals surface area (Å²) in [7, 11) is 0. The van der Waals surface area contributed by atoms with Crippen molar-refractivity contribution in [3.63, 3.8) is 0 Å². The Kier molecular flexibility index (Phi) is 0.480. The number of hydrogen-bond donors (Lipinski definition) is 0. The molecule has 34 valence electrons. The minimum atomic E-state index is -1.98. The Morgan fingerprint density at radius 3 is 1.33 bits per heavy atom. The van der Waals surface area contributed by atoms with Crippen LogP contribution in [0.1, 0.15) is 0 Å². The van der Waals surface area contributed by atoms with Gasteiger partial charge in [-0.15, -0.1) is 0 Å². The van der Waals surface area contributed by atoms with Gasteiger partial charge in [-0.1, -0.05) is 0 Å². The van der Waals surface area contributed by atoms with Crippen molar-refractivity contribution in [3.8, 4) is 0 Å². The maximum absolute atomic E-state index is 11.1.